The number of allylic oxidation sites excluding steroid dienone is 3. The zero-order chi connectivity index (χ0) is 13.0. The van der Waals surface area contributed by atoms with Crippen LogP contribution in [0.4, 0.5) is 0 Å². The molecule has 0 bridgehead atoms. The summed E-state index contributed by atoms with van der Waals surface area (Å²) in [5.41, 5.74) is 8.38. The van der Waals surface area contributed by atoms with E-state index in [9.17, 15) is 0 Å². The lowest BCUT2D eigenvalue weighted by Gasteiger charge is -2.36. The Labute approximate surface area is 109 Å². The number of nitrogens with two attached hydrogens (primary N) is 1. The molecule has 2 atom stereocenters. The van der Waals surface area contributed by atoms with Crippen LogP contribution < -0.4 is 5.73 Å². The molecule has 0 radical (unpaired) electrons. The first-order valence-electron chi connectivity index (χ1n) is 6.20. The second kappa shape index (κ2) is 5.19. The first-order chi connectivity index (χ1) is 8.72. The minimum Gasteiger partial charge on any atom is -0.318 e. The quantitative estimate of drug-likeness (QED) is 0.792. The van der Waals surface area contributed by atoms with E-state index < -0.39 is 5.54 Å². The van der Waals surface area contributed by atoms with Gasteiger partial charge in [-0.25, -0.2) is 0 Å². The van der Waals surface area contributed by atoms with Gasteiger partial charge in [0.25, 0.3) is 0 Å². The summed E-state index contributed by atoms with van der Waals surface area (Å²) in [6.07, 6.45) is 12.9. The Hall–Kier alpha value is -1.86. The highest BCUT2D eigenvalue weighted by atomic mass is 14.8. The average Bonchev–Trinajstić information content (AvgIpc) is 2.42. The molecule has 1 aromatic carbocycles. The molecule has 92 valence electrons. The molecule has 0 saturated carbocycles. The summed E-state index contributed by atoms with van der Waals surface area (Å²) in [6.45, 7) is 7.69. The molecule has 1 aliphatic rings. The van der Waals surface area contributed by atoms with Gasteiger partial charge in [-0.3, -0.25) is 0 Å². The molecule has 0 saturated heterocycles. The van der Waals surface area contributed by atoms with E-state index in [0.29, 0.717) is 0 Å². The predicted molar refractivity (Wildman–Crippen MR) is 79.0 cm³/mol. The zero-order valence-corrected chi connectivity index (χ0v) is 10.5. The molecule has 1 aliphatic carbocycles. The number of hydrogen-bond donors (Lipinski definition) is 1. The van der Waals surface area contributed by atoms with Gasteiger partial charge in [-0.1, -0.05) is 67.3 Å². The second-order valence-electron chi connectivity index (χ2n) is 4.60. The molecule has 0 fully saturated rings. The molecule has 2 rings (SSSR count). The van der Waals surface area contributed by atoms with Crippen molar-refractivity contribution in [1.29, 1.82) is 0 Å². The molecule has 1 aromatic rings. The molecule has 2 N–H and O–H groups in total. The number of hydrogen-bond acceptors (Lipinski definition) is 1. The fourth-order valence-corrected chi connectivity index (χ4v) is 2.51. The lowest BCUT2D eigenvalue weighted by molar-refractivity contribution is 0.406. The predicted octanol–water partition coefficient (Wildman–Crippen LogP) is 3.80. The summed E-state index contributed by atoms with van der Waals surface area (Å²) < 4.78 is 0. The third kappa shape index (κ3) is 2.09. The van der Waals surface area contributed by atoms with Crippen LogP contribution in [0, 0.1) is 5.92 Å². The maximum atomic E-state index is 6.65. The Morgan fingerprint density at radius 3 is 2.72 bits per heavy atom. The zero-order valence-electron chi connectivity index (χ0n) is 10.5. The van der Waals surface area contributed by atoms with Crippen LogP contribution in [0.1, 0.15) is 17.5 Å². The summed E-state index contributed by atoms with van der Waals surface area (Å²) in [6, 6.07) is 8.16. The van der Waals surface area contributed by atoms with E-state index in [-0.39, 0.29) is 5.92 Å². The Balaban J connectivity index is 2.51. The molecule has 0 heterocycles. The van der Waals surface area contributed by atoms with Crippen LogP contribution in [0.2, 0.25) is 0 Å². The van der Waals surface area contributed by atoms with Crippen LogP contribution in [0.15, 0.2) is 67.8 Å². The second-order valence-corrected chi connectivity index (χ2v) is 4.60. The minimum atomic E-state index is -0.478. The van der Waals surface area contributed by atoms with Gasteiger partial charge in [0.15, 0.2) is 0 Å². The Bertz CT molecular complexity index is 510. The van der Waals surface area contributed by atoms with E-state index in [1.165, 1.54) is 0 Å². The van der Waals surface area contributed by atoms with Crippen molar-refractivity contribution < 1.29 is 0 Å². The lowest BCUT2D eigenvalue weighted by Crippen LogP contribution is -2.43. The van der Waals surface area contributed by atoms with Crippen molar-refractivity contribution >= 4 is 6.08 Å². The average molecular weight is 237 g/mol. The van der Waals surface area contributed by atoms with Crippen molar-refractivity contribution in [3.63, 3.8) is 0 Å². The van der Waals surface area contributed by atoms with Crippen molar-refractivity contribution in [2.45, 2.75) is 12.0 Å². The van der Waals surface area contributed by atoms with Gasteiger partial charge in [0, 0.05) is 5.92 Å². The molecule has 0 aromatic heterocycles. The van der Waals surface area contributed by atoms with Gasteiger partial charge >= 0.3 is 0 Å². The molecule has 18 heavy (non-hydrogen) atoms. The maximum absolute atomic E-state index is 6.65. The van der Waals surface area contributed by atoms with Crippen LogP contribution in [0.25, 0.3) is 6.08 Å². The topological polar surface area (TPSA) is 26.0 Å². The van der Waals surface area contributed by atoms with Crippen molar-refractivity contribution in [3.05, 3.63) is 78.9 Å². The van der Waals surface area contributed by atoms with Crippen molar-refractivity contribution in [2.24, 2.45) is 11.7 Å². The van der Waals surface area contributed by atoms with Crippen LogP contribution in [0.3, 0.4) is 0 Å². The van der Waals surface area contributed by atoms with E-state index in [1.807, 2.05) is 36.4 Å². The molecule has 1 heteroatoms. The summed E-state index contributed by atoms with van der Waals surface area (Å²) in [7, 11) is 0. The van der Waals surface area contributed by atoms with Gasteiger partial charge in [0.1, 0.15) is 0 Å². The van der Waals surface area contributed by atoms with Crippen molar-refractivity contribution in [2.75, 3.05) is 0 Å². The smallest absolute Gasteiger partial charge is 0.0670 e. The first-order valence-corrected chi connectivity index (χ1v) is 6.20. The highest BCUT2D eigenvalue weighted by Crippen LogP contribution is 2.36. The van der Waals surface area contributed by atoms with E-state index in [2.05, 4.69) is 37.5 Å². The van der Waals surface area contributed by atoms with Gasteiger partial charge in [-0.05, 0) is 17.5 Å². The minimum absolute atomic E-state index is 0.237. The van der Waals surface area contributed by atoms with E-state index in [1.54, 1.807) is 0 Å². The first kappa shape index (κ1) is 12.6. The van der Waals surface area contributed by atoms with Crippen molar-refractivity contribution in [1.82, 2.24) is 0 Å². The fourth-order valence-electron chi connectivity index (χ4n) is 2.51. The van der Waals surface area contributed by atoms with Crippen LogP contribution >= 0.6 is 0 Å². The largest absolute Gasteiger partial charge is 0.318 e. The third-order valence-electron chi connectivity index (χ3n) is 3.51. The third-order valence-corrected chi connectivity index (χ3v) is 3.51. The van der Waals surface area contributed by atoms with Crippen LogP contribution in [-0.4, -0.2) is 0 Å². The number of rotatable bonds is 4. The molecule has 0 amide bonds. The van der Waals surface area contributed by atoms with Gasteiger partial charge < -0.3 is 5.73 Å². The summed E-state index contributed by atoms with van der Waals surface area (Å²) >= 11 is 0. The summed E-state index contributed by atoms with van der Waals surface area (Å²) in [5, 5.41) is 0. The molecular weight excluding hydrogens is 218 g/mol. The van der Waals surface area contributed by atoms with Crippen LogP contribution in [-0.2, 0) is 5.54 Å². The van der Waals surface area contributed by atoms with Gasteiger partial charge in [-0.2, -0.15) is 0 Å². The van der Waals surface area contributed by atoms with Crippen molar-refractivity contribution in [3.8, 4) is 0 Å². The molecule has 0 aliphatic heterocycles. The SMILES string of the molecule is C=CCC1C=CC=CC1(N)c1ccccc1C=C. The summed E-state index contributed by atoms with van der Waals surface area (Å²) in [5.74, 6) is 0.237. The van der Waals surface area contributed by atoms with E-state index >= 15 is 0 Å². The van der Waals surface area contributed by atoms with Gasteiger partial charge in [-0.15, -0.1) is 6.58 Å². The summed E-state index contributed by atoms with van der Waals surface area (Å²) in [4.78, 5) is 0. The standard InChI is InChI=1S/C17H19N/c1-3-9-15-11-7-8-13-17(15,18)16-12-6-5-10-14(16)4-2/h3-8,10-13,15H,1-2,9,18H2. The Morgan fingerprint density at radius 1 is 1.22 bits per heavy atom. The lowest BCUT2D eigenvalue weighted by atomic mass is 9.73. The molecular formula is C17H19N. The van der Waals surface area contributed by atoms with E-state index in [0.717, 1.165) is 17.5 Å². The molecule has 2 unspecified atom stereocenters. The van der Waals surface area contributed by atoms with E-state index in [4.69, 9.17) is 5.73 Å². The molecule has 0 spiro atoms. The normalized spacial score (nSPS) is 25.9. The fraction of sp³-hybridized carbons (Fsp3) is 0.176. The Kier molecular flexibility index (Phi) is 3.63. The monoisotopic (exact) mass is 237 g/mol. The number of benzene rings is 1. The van der Waals surface area contributed by atoms with Crippen LogP contribution in [0.5, 0.6) is 0 Å². The van der Waals surface area contributed by atoms with Gasteiger partial charge in [0.05, 0.1) is 5.54 Å². The highest BCUT2D eigenvalue weighted by molar-refractivity contribution is 5.56. The maximum Gasteiger partial charge on any atom is 0.0670 e. The highest BCUT2D eigenvalue weighted by Gasteiger charge is 2.34. The Morgan fingerprint density at radius 2 is 2.00 bits per heavy atom. The van der Waals surface area contributed by atoms with Gasteiger partial charge in [0.2, 0.25) is 0 Å². The molecule has 1 nitrogen and oxygen atoms in total.